The van der Waals surface area contributed by atoms with E-state index in [0.717, 1.165) is 25.5 Å². The maximum atomic E-state index is 14.1. The highest BCUT2D eigenvalue weighted by atomic mass is 19.1. The second-order valence-electron chi connectivity index (χ2n) is 5.26. The second-order valence-corrected chi connectivity index (χ2v) is 5.26. The van der Waals surface area contributed by atoms with Gasteiger partial charge < -0.3 is 10.4 Å². The number of aliphatic hydroxyl groups excluding tert-OH is 1. The van der Waals surface area contributed by atoms with Crippen molar-refractivity contribution in [1.29, 1.82) is 0 Å². The lowest BCUT2D eigenvalue weighted by molar-refractivity contribution is -0.387. The summed E-state index contributed by atoms with van der Waals surface area (Å²) in [5.41, 5.74) is -0.217. The summed E-state index contributed by atoms with van der Waals surface area (Å²) in [5, 5.41) is 23.3. The molecule has 0 aromatic heterocycles. The molecule has 1 aliphatic rings. The predicted octanol–water partition coefficient (Wildman–Crippen LogP) is 1.28. The summed E-state index contributed by atoms with van der Waals surface area (Å²) in [7, 11) is 0. The molecule has 21 heavy (non-hydrogen) atoms. The van der Waals surface area contributed by atoms with Gasteiger partial charge in [0.1, 0.15) is 0 Å². The number of halogens is 1. The third-order valence-electron chi connectivity index (χ3n) is 3.71. The summed E-state index contributed by atoms with van der Waals surface area (Å²) in [6.07, 6.45) is 2.17. The minimum Gasteiger partial charge on any atom is -0.395 e. The first-order valence-corrected chi connectivity index (χ1v) is 7.10. The Labute approximate surface area is 122 Å². The fourth-order valence-corrected chi connectivity index (χ4v) is 2.67. The molecule has 2 N–H and O–H groups in total. The summed E-state index contributed by atoms with van der Waals surface area (Å²) >= 11 is 0. The fourth-order valence-electron chi connectivity index (χ4n) is 2.67. The van der Waals surface area contributed by atoms with E-state index < -0.39 is 16.4 Å². The van der Waals surface area contributed by atoms with E-state index in [2.05, 4.69) is 5.32 Å². The van der Waals surface area contributed by atoms with Crippen LogP contribution in [0, 0.1) is 15.9 Å². The van der Waals surface area contributed by atoms with Gasteiger partial charge in [0.25, 0.3) is 0 Å². The number of nitrogens with one attached hydrogen (secondary N) is 1. The van der Waals surface area contributed by atoms with E-state index in [1.54, 1.807) is 6.07 Å². The average molecular weight is 297 g/mol. The van der Waals surface area contributed by atoms with Crippen LogP contribution >= 0.6 is 0 Å². The van der Waals surface area contributed by atoms with Gasteiger partial charge in [-0.3, -0.25) is 15.0 Å². The normalized spacial score (nSPS) is 18.3. The number of hydrogen-bond acceptors (Lipinski definition) is 5. The third kappa shape index (κ3) is 4.20. The van der Waals surface area contributed by atoms with E-state index >= 15 is 0 Å². The third-order valence-corrected chi connectivity index (χ3v) is 3.71. The van der Waals surface area contributed by atoms with Crippen LogP contribution in [0.3, 0.4) is 0 Å². The molecule has 0 radical (unpaired) electrons. The van der Waals surface area contributed by atoms with Gasteiger partial charge in [0.05, 0.1) is 11.5 Å². The zero-order valence-electron chi connectivity index (χ0n) is 11.8. The monoisotopic (exact) mass is 297 g/mol. The van der Waals surface area contributed by atoms with E-state index in [1.807, 2.05) is 4.90 Å². The number of aliphatic hydroxyl groups is 1. The summed E-state index contributed by atoms with van der Waals surface area (Å²) in [6, 6.07) is 4.53. The summed E-state index contributed by atoms with van der Waals surface area (Å²) in [6.45, 7) is 2.32. The Morgan fingerprint density at radius 2 is 2.33 bits per heavy atom. The first-order chi connectivity index (χ1) is 10.1. The van der Waals surface area contributed by atoms with Gasteiger partial charge in [0.15, 0.2) is 0 Å². The molecule has 1 heterocycles. The Morgan fingerprint density at radius 1 is 1.52 bits per heavy atom. The van der Waals surface area contributed by atoms with Crippen LogP contribution in [0.1, 0.15) is 18.4 Å². The lowest BCUT2D eigenvalue weighted by Gasteiger charge is -2.25. The molecule has 1 aromatic rings. The van der Waals surface area contributed by atoms with Gasteiger partial charge in [-0.05, 0) is 19.4 Å². The summed E-state index contributed by atoms with van der Waals surface area (Å²) in [4.78, 5) is 12.0. The molecule has 0 aliphatic carbocycles. The van der Waals surface area contributed by atoms with Crippen molar-refractivity contribution in [3.05, 3.63) is 39.7 Å². The molecule has 1 aromatic carbocycles. The van der Waals surface area contributed by atoms with E-state index in [0.29, 0.717) is 19.1 Å². The van der Waals surface area contributed by atoms with Crippen LogP contribution in [0.4, 0.5) is 10.1 Å². The van der Waals surface area contributed by atoms with Crippen molar-refractivity contribution in [2.75, 3.05) is 26.2 Å². The molecular weight excluding hydrogens is 277 g/mol. The highest BCUT2D eigenvalue weighted by Gasteiger charge is 2.21. The Balaban J connectivity index is 2.08. The Kier molecular flexibility index (Phi) is 5.60. The van der Waals surface area contributed by atoms with Gasteiger partial charge in [-0.15, -0.1) is 0 Å². The number of benzene rings is 1. The smallest absolute Gasteiger partial charge is 0.305 e. The minimum absolute atomic E-state index is 0.0245. The van der Waals surface area contributed by atoms with Crippen LogP contribution in [0.25, 0.3) is 0 Å². The van der Waals surface area contributed by atoms with Crippen molar-refractivity contribution in [1.82, 2.24) is 10.2 Å². The maximum Gasteiger partial charge on any atom is 0.305 e. The average Bonchev–Trinajstić information content (AvgIpc) is 2.94. The molecule has 7 heteroatoms. The molecule has 1 saturated heterocycles. The Bertz CT molecular complexity index is 492. The Hall–Kier alpha value is -1.57. The first-order valence-electron chi connectivity index (χ1n) is 7.10. The van der Waals surface area contributed by atoms with Crippen LogP contribution < -0.4 is 5.32 Å². The molecule has 1 unspecified atom stereocenters. The van der Waals surface area contributed by atoms with E-state index in [1.165, 1.54) is 6.07 Å². The van der Waals surface area contributed by atoms with E-state index in [9.17, 15) is 14.5 Å². The van der Waals surface area contributed by atoms with Crippen molar-refractivity contribution in [3.8, 4) is 0 Å². The first kappa shape index (κ1) is 15.8. The van der Waals surface area contributed by atoms with Crippen molar-refractivity contribution < 1.29 is 14.4 Å². The van der Waals surface area contributed by atoms with Crippen molar-refractivity contribution in [2.24, 2.45) is 0 Å². The Morgan fingerprint density at radius 3 is 2.95 bits per heavy atom. The maximum absolute atomic E-state index is 14.1. The molecule has 0 bridgehead atoms. The molecule has 6 nitrogen and oxygen atoms in total. The largest absolute Gasteiger partial charge is 0.395 e. The number of nitro benzene ring substituents is 1. The highest BCUT2D eigenvalue weighted by Crippen LogP contribution is 2.21. The number of rotatable bonds is 7. The molecule has 1 atom stereocenters. The summed E-state index contributed by atoms with van der Waals surface area (Å²) in [5.74, 6) is -0.787. The van der Waals surface area contributed by atoms with Gasteiger partial charge in [-0.2, -0.15) is 4.39 Å². The SMILES string of the molecule is O=[N+]([O-])c1cccc(CN(CCO)CC2CCCN2)c1F. The van der Waals surface area contributed by atoms with E-state index in [-0.39, 0.29) is 18.7 Å². The number of nitrogens with zero attached hydrogens (tertiary/aromatic N) is 2. The lowest BCUT2D eigenvalue weighted by Crippen LogP contribution is -2.38. The second kappa shape index (κ2) is 7.44. The highest BCUT2D eigenvalue weighted by molar-refractivity contribution is 5.36. The van der Waals surface area contributed by atoms with Gasteiger partial charge in [-0.25, -0.2) is 0 Å². The van der Waals surface area contributed by atoms with Crippen LogP contribution in [-0.4, -0.2) is 47.2 Å². The molecule has 1 aliphatic heterocycles. The van der Waals surface area contributed by atoms with Crippen LogP contribution in [-0.2, 0) is 6.54 Å². The molecule has 0 saturated carbocycles. The summed E-state index contributed by atoms with van der Waals surface area (Å²) < 4.78 is 14.1. The van der Waals surface area contributed by atoms with Crippen LogP contribution in [0.5, 0.6) is 0 Å². The van der Waals surface area contributed by atoms with Gasteiger partial charge >= 0.3 is 5.69 Å². The zero-order chi connectivity index (χ0) is 15.2. The lowest BCUT2D eigenvalue weighted by atomic mass is 10.1. The van der Waals surface area contributed by atoms with Crippen LogP contribution in [0.15, 0.2) is 18.2 Å². The van der Waals surface area contributed by atoms with Gasteiger partial charge in [0, 0.05) is 37.3 Å². The van der Waals surface area contributed by atoms with Gasteiger partial charge in [0.2, 0.25) is 5.82 Å². The van der Waals surface area contributed by atoms with Gasteiger partial charge in [-0.1, -0.05) is 12.1 Å². The number of hydrogen-bond donors (Lipinski definition) is 2. The topological polar surface area (TPSA) is 78.6 Å². The van der Waals surface area contributed by atoms with Crippen molar-refractivity contribution >= 4 is 5.69 Å². The predicted molar refractivity (Wildman–Crippen MR) is 76.4 cm³/mol. The molecular formula is C14H20FN3O3. The fraction of sp³-hybridized carbons (Fsp3) is 0.571. The quantitative estimate of drug-likeness (QED) is 0.585. The van der Waals surface area contributed by atoms with Crippen LogP contribution in [0.2, 0.25) is 0 Å². The standard InChI is InChI=1S/C14H20FN3O3/c15-14-11(3-1-5-13(14)18(20)21)9-17(7-8-19)10-12-4-2-6-16-12/h1,3,5,12,16,19H,2,4,6-10H2. The van der Waals surface area contributed by atoms with E-state index in [4.69, 9.17) is 5.11 Å². The molecule has 2 rings (SSSR count). The van der Waals surface area contributed by atoms with Crippen molar-refractivity contribution in [3.63, 3.8) is 0 Å². The zero-order valence-corrected chi connectivity index (χ0v) is 11.8. The molecule has 0 spiro atoms. The molecule has 0 amide bonds. The molecule has 116 valence electrons. The molecule has 1 fully saturated rings. The van der Waals surface area contributed by atoms with Crippen molar-refractivity contribution in [2.45, 2.75) is 25.4 Å². The minimum atomic E-state index is -0.787. The number of nitro groups is 1.